The van der Waals surface area contributed by atoms with Gasteiger partial charge < -0.3 is 10.4 Å². The Hall–Kier alpha value is -2.18. The lowest BCUT2D eigenvalue weighted by Crippen LogP contribution is -2.33. The molecule has 0 fully saturated rings. The molecule has 0 bridgehead atoms. The molecular weight excluding hydrogens is 322 g/mol. The van der Waals surface area contributed by atoms with Crippen molar-refractivity contribution in [2.24, 2.45) is 0 Å². The van der Waals surface area contributed by atoms with Gasteiger partial charge in [0.15, 0.2) is 0 Å². The van der Waals surface area contributed by atoms with E-state index in [2.05, 4.69) is 15.5 Å². The fourth-order valence-electron chi connectivity index (χ4n) is 3.32. The molecule has 24 heavy (non-hydrogen) atoms. The monoisotopic (exact) mass is 341 g/mol. The normalized spacial score (nSPS) is 18.3. The minimum absolute atomic E-state index is 0.0301. The van der Waals surface area contributed by atoms with Crippen molar-refractivity contribution in [3.63, 3.8) is 0 Å². The molecule has 3 aromatic rings. The number of aromatic amines is 1. The van der Waals surface area contributed by atoms with E-state index in [1.165, 1.54) is 0 Å². The van der Waals surface area contributed by atoms with Gasteiger partial charge in [0, 0.05) is 27.4 Å². The molecule has 124 valence electrons. The van der Waals surface area contributed by atoms with Crippen LogP contribution in [0.1, 0.15) is 41.0 Å². The fourth-order valence-corrected chi connectivity index (χ4v) is 4.37. The molecule has 1 aromatic carbocycles. The Balaban J connectivity index is 1.42. The Morgan fingerprint density at radius 3 is 3.21 bits per heavy atom. The third-order valence-electron chi connectivity index (χ3n) is 4.61. The molecular formula is C18H19N3O2S. The van der Waals surface area contributed by atoms with Crippen molar-refractivity contribution in [2.75, 3.05) is 6.54 Å². The van der Waals surface area contributed by atoms with Crippen molar-refractivity contribution in [1.29, 1.82) is 0 Å². The molecule has 0 aliphatic heterocycles. The maximum absolute atomic E-state index is 12.5. The molecule has 1 aliphatic rings. The number of nitrogens with zero attached hydrogens (tertiary/aromatic N) is 1. The first-order chi connectivity index (χ1) is 11.7. The number of hydrogen-bond acceptors (Lipinski definition) is 4. The molecule has 2 aromatic heterocycles. The van der Waals surface area contributed by atoms with E-state index in [1.807, 2.05) is 30.3 Å². The zero-order valence-electron chi connectivity index (χ0n) is 13.2. The van der Waals surface area contributed by atoms with Gasteiger partial charge in [-0.1, -0.05) is 18.2 Å². The standard InChI is InChI=1S/C18H19N3O2S/c22-15(17-8-11-4-1-2-7-16(11)24-17)10-19-18(23)12-5-3-6-14-13(12)9-20-21-14/h1-2,4,7-9,12,15,22H,3,5-6,10H2,(H,19,23)(H,20,21)/t12-,15-/m0/s1. The van der Waals surface area contributed by atoms with Crippen molar-refractivity contribution in [3.05, 3.63) is 52.7 Å². The maximum atomic E-state index is 12.5. The maximum Gasteiger partial charge on any atom is 0.227 e. The van der Waals surface area contributed by atoms with E-state index in [9.17, 15) is 9.90 Å². The first kappa shape index (κ1) is 15.4. The minimum Gasteiger partial charge on any atom is -0.386 e. The van der Waals surface area contributed by atoms with Gasteiger partial charge in [-0.15, -0.1) is 11.3 Å². The highest BCUT2D eigenvalue weighted by atomic mass is 32.1. The van der Waals surface area contributed by atoms with Gasteiger partial charge in [0.05, 0.1) is 12.1 Å². The second-order valence-corrected chi connectivity index (χ2v) is 7.31. The summed E-state index contributed by atoms with van der Waals surface area (Å²) in [6, 6.07) is 10.0. The Bertz CT molecular complexity index is 837. The van der Waals surface area contributed by atoms with Gasteiger partial charge >= 0.3 is 0 Å². The first-order valence-corrected chi connectivity index (χ1v) is 9.00. The summed E-state index contributed by atoms with van der Waals surface area (Å²) in [4.78, 5) is 13.4. The van der Waals surface area contributed by atoms with Crippen LogP contribution in [0.25, 0.3) is 10.1 Å². The predicted octanol–water partition coefficient (Wildman–Crippen LogP) is 2.89. The molecule has 0 spiro atoms. The fraction of sp³-hybridized carbons (Fsp3) is 0.333. The van der Waals surface area contributed by atoms with E-state index < -0.39 is 6.10 Å². The van der Waals surface area contributed by atoms with Gasteiger partial charge in [0.25, 0.3) is 0 Å². The Kier molecular flexibility index (Phi) is 4.08. The average molecular weight is 341 g/mol. The smallest absolute Gasteiger partial charge is 0.227 e. The van der Waals surface area contributed by atoms with Crippen LogP contribution in [0, 0.1) is 0 Å². The number of hydrogen-bond donors (Lipinski definition) is 3. The van der Waals surface area contributed by atoms with E-state index in [0.29, 0.717) is 0 Å². The van der Waals surface area contributed by atoms with Crippen LogP contribution in [0.2, 0.25) is 0 Å². The molecule has 5 nitrogen and oxygen atoms in total. The highest BCUT2D eigenvalue weighted by Crippen LogP contribution is 2.31. The lowest BCUT2D eigenvalue weighted by molar-refractivity contribution is -0.123. The van der Waals surface area contributed by atoms with Crippen LogP contribution in [0.4, 0.5) is 0 Å². The van der Waals surface area contributed by atoms with Crippen LogP contribution >= 0.6 is 11.3 Å². The van der Waals surface area contributed by atoms with Crippen LogP contribution in [0.15, 0.2) is 36.5 Å². The number of carbonyl (C=O) groups is 1. The van der Waals surface area contributed by atoms with E-state index >= 15 is 0 Å². The number of aromatic nitrogens is 2. The summed E-state index contributed by atoms with van der Waals surface area (Å²) in [5.74, 6) is -0.195. The van der Waals surface area contributed by atoms with Gasteiger partial charge in [0.1, 0.15) is 6.10 Å². The van der Waals surface area contributed by atoms with E-state index in [0.717, 1.165) is 45.5 Å². The number of fused-ring (bicyclic) bond motifs is 2. The Labute approximate surface area is 143 Å². The molecule has 3 N–H and O–H groups in total. The highest BCUT2D eigenvalue weighted by Gasteiger charge is 2.28. The largest absolute Gasteiger partial charge is 0.386 e. The summed E-state index contributed by atoms with van der Waals surface area (Å²) in [5, 5.41) is 21.4. The molecule has 2 atom stereocenters. The summed E-state index contributed by atoms with van der Waals surface area (Å²) in [5.41, 5.74) is 2.06. The second-order valence-electron chi connectivity index (χ2n) is 6.20. The zero-order valence-corrected chi connectivity index (χ0v) is 14.0. The number of amides is 1. The zero-order chi connectivity index (χ0) is 16.5. The number of thiophene rings is 1. The molecule has 1 amide bonds. The topological polar surface area (TPSA) is 78.0 Å². The van der Waals surface area contributed by atoms with Crippen molar-refractivity contribution in [1.82, 2.24) is 15.5 Å². The Morgan fingerprint density at radius 2 is 2.33 bits per heavy atom. The predicted molar refractivity (Wildman–Crippen MR) is 94.1 cm³/mol. The van der Waals surface area contributed by atoms with Gasteiger partial charge in [-0.2, -0.15) is 5.10 Å². The third-order valence-corrected chi connectivity index (χ3v) is 5.82. The Morgan fingerprint density at radius 1 is 1.46 bits per heavy atom. The molecule has 0 radical (unpaired) electrons. The number of aliphatic hydroxyl groups is 1. The van der Waals surface area contributed by atoms with Crippen molar-refractivity contribution in [3.8, 4) is 0 Å². The van der Waals surface area contributed by atoms with Crippen LogP contribution in [-0.2, 0) is 11.2 Å². The molecule has 6 heteroatoms. The highest BCUT2D eigenvalue weighted by molar-refractivity contribution is 7.19. The summed E-state index contributed by atoms with van der Waals surface area (Å²) < 4.78 is 1.15. The molecule has 0 saturated carbocycles. The molecule has 0 unspecified atom stereocenters. The van der Waals surface area contributed by atoms with E-state index in [1.54, 1.807) is 17.5 Å². The van der Waals surface area contributed by atoms with Gasteiger partial charge in [0.2, 0.25) is 5.91 Å². The summed E-state index contributed by atoms with van der Waals surface area (Å²) in [6.45, 7) is 0.231. The van der Waals surface area contributed by atoms with Gasteiger partial charge in [-0.3, -0.25) is 9.89 Å². The first-order valence-electron chi connectivity index (χ1n) is 8.19. The third kappa shape index (κ3) is 2.83. The molecule has 4 rings (SSSR count). The SMILES string of the molecule is O=C(NC[C@H](O)c1cc2ccccc2s1)[C@H]1CCCc2[nH]ncc21. The van der Waals surface area contributed by atoms with Gasteiger partial charge in [-0.25, -0.2) is 0 Å². The number of H-pyrrole nitrogens is 1. The molecule has 0 saturated heterocycles. The van der Waals surface area contributed by atoms with Crippen LogP contribution in [-0.4, -0.2) is 27.8 Å². The number of carbonyl (C=O) groups excluding carboxylic acids is 1. The van der Waals surface area contributed by atoms with Crippen molar-refractivity contribution >= 4 is 27.3 Å². The van der Waals surface area contributed by atoms with Crippen LogP contribution in [0.3, 0.4) is 0 Å². The van der Waals surface area contributed by atoms with Crippen LogP contribution < -0.4 is 5.32 Å². The average Bonchev–Trinajstić information content (AvgIpc) is 3.25. The summed E-state index contributed by atoms with van der Waals surface area (Å²) in [6.07, 6.45) is 3.83. The minimum atomic E-state index is -0.682. The lowest BCUT2D eigenvalue weighted by Gasteiger charge is -2.21. The summed E-state index contributed by atoms with van der Waals surface area (Å²) >= 11 is 1.57. The van der Waals surface area contributed by atoms with Crippen molar-refractivity contribution in [2.45, 2.75) is 31.3 Å². The molecule has 2 heterocycles. The second kappa shape index (κ2) is 6.37. The lowest BCUT2D eigenvalue weighted by atomic mass is 9.86. The number of aryl methyl sites for hydroxylation is 1. The van der Waals surface area contributed by atoms with Crippen molar-refractivity contribution < 1.29 is 9.90 Å². The van der Waals surface area contributed by atoms with Gasteiger partial charge in [-0.05, 0) is 36.8 Å². The summed E-state index contributed by atoms with van der Waals surface area (Å²) in [7, 11) is 0. The number of aliphatic hydroxyl groups excluding tert-OH is 1. The molecule has 1 aliphatic carbocycles. The van der Waals surface area contributed by atoms with E-state index in [-0.39, 0.29) is 18.4 Å². The van der Waals surface area contributed by atoms with E-state index in [4.69, 9.17) is 0 Å². The van der Waals surface area contributed by atoms with Crippen LogP contribution in [0.5, 0.6) is 0 Å². The quantitative estimate of drug-likeness (QED) is 0.683. The number of benzene rings is 1. The number of nitrogens with one attached hydrogen (secondary N) is 2. The number of rotatable bonds is 4.